The van der Waals surface area contributed by atoms with Gasteiger partial charge >= 0.3 is 5.00 Å². The summed E-state index contributed by atoms with van der Waals surface area (Å²) < 4.78 is 0. The molecular formula is C14H16N2O2S. The molecular weight excluding hydrogens is 260 g/mol. The van der Waals surface area contributed by atoms with E-state index >= 15 is 0 Å². The first kappa shape index (κ1) is 13.5. The topological polar surface area (TPSA) is 55.2 Å². The molecule has 1 aromatic heterocycles. The second kappa shape index (κ2) is 6.33. The molecule has 2 rings (SSSR count). The van der Waals surface area contributed by atoms with Gasteiger partial charge in [-0.1, -0.05) is 36.8 Å². The van der Waals surface area contributed by atoms with Gasteiger partial charge in [0, 0.05) is 23.2 Å². The summed E-state index contributed by atoms with van der Waals surface area (Å²) in [6, 6.07) is 11.7. The Kier molecular flexibility index (Phi) is 4.52. The average molecular weight is 276 g/mol. The molecule has 1 N–H and O–H groups in total. The van der Waals surface area contributed by atoms with Gasteiger partial charge in [-0.2, -0.15) is 0 Å². The van der Waals surface area contributed by atoms with Crippen molar-refractivity contribution in [1.82, 2.24) is 0 Å². The first-order chi connectivity index (χ1) is 9.19. The van der Waals surface area contributed by atoms with Gasteiger partial charge in [0.25, 0.3) is 0 Å². The molecule has 1 aromatic carbocycles. The predicted octanol–water partition coefficient (Wildman–Crippen LogP) is 4.22. The van der Waals surface area contributed by atoms with Crippen LogP contribution in [0.5, 0.6) is 0 Å². The normalized spacial score (nSPS) is 10.4. The van der Waals surface area contributed by atoms with Gasteiger partial charge in [0.1, 0.15) is 0 Å². The lowest BCUT2D eigenvalue weighted by Crippen LogP contribution is -1.97. The van der Waals surface area contributed by atoms with Gasteiger partial charge < -0.3 is 5.32 Å². The molecule has 5 heteroatoms. The first-order valence-electron chi connectivity index (χ1n) is 6.25. The van der Waals surface area contributed by atoms with Gasteiger partial charge in [-0.3, -0.25) is 10.1 Å². The maximum absolute atomic E-state index is 10.6. The second-order valence-electron chi connectivity index (χ2n) is 4.30. The fourth-order valence-electron chi connectivity index (χ4n) is 1.83. The zero-order valence-corrected chi connectivity index (χ0v) is 11.6. The lowest BCUT2D eigenvalue weighted by Gasteiger charge is -2.05. The number of hydrogen-bond donors (Lipinski definition) is 1. The van der Waals surface area contributed by atoms with Crippen LogP contribution in [-0.2, 0) is 13.0 Å². The van der Waals surface area contributed by atoms with E-state index in [1.165, 1.54) is 16.9 Å². The lowest BCUT2D eigenvalue weighted by molar-refractivity contribution is -0.380. The van der Waals surface area contributed by atoms with E-state index < -0.39 is 0 Å². The van der Waals surface area contributed by atoms with Crippen LogP contribution in [0.15, 0.2) is 36.4 Å². The minimum Gasteiger partial charge on any atom is -0.380 e. The molecule has 0 aliphatic heterocycles. The SMILES string of the molecule is CCCc1ccc(NCc2ccc([N+](=O)[O-])s2)cc1. The number of anilines is 1. The largest absolute Gasteiger partial charge is 0.380 e. The third kappa shape index (κ3) is 3.79. The van der Waals surface area contributed by atoms with Crippen molar-refractivity contribution in [2.45, 2.75) is 26.3 Å². The van der Waals surface area contributed by atoms with Crippen LogP contribution in [0.25, 0.3) is 0 Å². The summed E-state index contributed by atoms with van der Waals surface area (Å²) in [6.07, 6.45) is 2.24. The van der Waals surface area contributed by atoms with E-state index in [-0.39, 0.29) is 9.92 Å². The molecule has 0 unspecified atom stereocenters. The second-order valence-corrected chi connectivity index (χ2v) is 5.44. The summed E-state index contributed by atoms with van der Waals surface area (Å²) >= 11 is 1.21. The summed E-state index contributed by atoms with van der Waals surface area (Å²) in [6.45, 7) is 2.78. The number of rotatable bonds is 6. The Morgan fingerprint density at radius 2 is 1.95 bits per heavy atom. The van der Waals surface area contributed by atoms with Crippen LogP contribution in [0.4, 0.5) is 10.7 Å². The van der Waals surface area contributed by atoms with Gasteiger partial charge in [0.05, 0.1) is 4.92 Å². The van der Waals surface area contributed by atoms with Crippen LogP contribution in [0.3, 0.4) is 0 Å². The monoisotopic (exact) mass is 276 g/mol. The quantitative estimate of drug-likeness (QED) is 0.634. The number of nitrogens with zero attached hydrogens (tertiary/aromatic N) is 1. The molecule has 100 valence electrons. The molecule has 0 saturated carbocycles. The molecule has 1 heterocycles. The smallest absolute Gasteiger partial charge is 0.324 e. The zero-order chi connectivity index (χ0) is 13.7. The summed E-state index contributed by atoms with van der Waals surface area (Å²) in [5.41, 5.74) is 2.37. The van der Waals surface area contributed by atoms with Crippen molar-refractivity contribution < 1.29 is 4.92 Å². The number of aryl methyl sites for hydroxylation is 1. The third-order valence-corrected chi connectivity index (χ3v) is 3.82. The van der Waals surface area contributed by atoms with Crippen molar-refractivity contribution >= 4 is 22.0 Å². The standard InChI is InChI=1S/C14H16N2O2S/c1-2-3-11-4-6-12(7-5-11)15-10-13-8-9-14(19-13)16(17)18/h4-9,15H,2-3,10H2,1H3. The minimum absolute atomic E-state index is 0.190. The maximum Gasteiger partial charge on any atom is 0.324 e. The maximum atomic E-state index is 10.6. The molecule has 2 aromatic rings. The van der Waals surface area contributed by atoms with Crippen LogP contribution >= 0.6 is 11.3 Å². The molecule has 0 spiro atoms. The predicted molar refractivity (Wildman–Crippen MR) is 78.7 cm³/mol. The Hall–Kier alpha value is -1.88. The van der Waals surface area contributed by atoms with Gasteiger partial charge in [0.15, 0.2) is 0 Å². The highest BCUT2D eigenvalue weighted by Crippen LogP contribution is 2.24. The molecule has 0 aliphatic carbocycles. The van der Waals surface area contributed by atoms with E-state index in [0.29, 0.717) is 6.54 Å². The molecule has 0 radical (unpaired) electrons. The van der Waals surface area contributed by atoms with E-state index in [9.17, 15) is 10.1 Å². The summed E-state index contributed by atoms with van der Waals surface area (Å²) in [5.74, 6) is 0. The van der Waals surface area contributed by atoms with Crippen LogP contribution in [0.1, 0.15) is 23.8 Å². The number of nitrogens with one attached hydrogen (secondary N) is 1. The molecule has 4 nitrogen and oxygen atoms in total. The molecule has 0 aliphatic rings. The van der Waals surface area contributed by atoms with Crippen molar-refractivity contribution in [3.05, 3.63) is 57.0 Å². The zero-order valence-electron chi connectivity index (χ0n) is 10.8. The first-order valence-corrected chi connectivity index (χ1v) is 7.06. The number of thiophene rings is 1. The fraction of sp³-hybridized carbons (Fsp3) is 0.286. The van der Waals surface area contributed by atoms with E-state index in [4.69, 9.17) is 0 Å². The van der Waals surface area contributed by atoms with Gasteiger partial charge in [-0.25, -0.2) is 0 Å². The number of benzene rings is 1. The van der Waals surface area contributed by atoms with Crippen molar-refractivity contribution in [3.8, 4) is 0 Å². The summed E-state index contributed by atoms with van der Waals surface area (Å²) in [4.78, 5) is 11.2. The average Bonchev–Trinajstić information content (AvgIpc) is 2.87. The summed E-state index contributed by atoms with van der Waals surface area (Å²) in [7, 11) is 0. The van der Waals surface area contributed by atoms with E-state index in [0.717, 1.165) is 23.4 Å². The Labute approximate surface area is 116 Å². The molecule has 0 bridgehead atoms. The number of nitro groups is 1. The Balaban J connectivity index is 1.92. The van der Waals surface area contributed by atoms with Gasteiger partial charge in [0.2, 0.25) is 0 Å². The fourth-order valence-corrected chi connectivity index (χ4v) is 2.59. The highest BCUT2D eigenvalue weighted by Gasteiger charge is 2.09. The third-order valence-electron chi connectivity index (χ3n) is 2.79. The van der Waals surface area contributed by atoms with E-state index in [1.54, 1.807) is 12.1 Å². The van der Waals surface area contributed by atoms with Crippen LogP contribution in [0, 0.1) is 10.1 Å². The molecule has 0 amide bonds. The van der Waals surface area contributed by atoms with Crippen molar-refractivity contribution in [1.29, 1.82) is 0 Å². The Morgan fingerprint density at radius 3 is 2.53 bits per heavy atom. The highest BCUT2D eigenvalue weighted by atomic mass is 32.1. The Morgan fingerprint density at radius 1 is 1.21 bits per heavy atom. The van der Waals surface area contributed by atoms with Crippen LogP contribution in [-0.4, -0.2) is 4.92 Å². The lowest BCUT2D eigenvalue weighted by atomic mass is 10.1. The number of hydrogen-bond acceptors (Lipinski definition) is 4. The Bertz CT molecular complexity index is 549. The summed E-state index contributed by atoms with van der Waals surface area (Å²) in [5, 5.41) is 14.0. The molecule has 19 heavy (non-hydrogen) atoms. The van der Waals surface area contributed by atoms with Crippen LogP contribution < -0.4 is 5.32 Å². The minimum atomic E-state index is -0.353. The van der Waals surface area contributed by atoms with Gasteiger partial charge in [-0.05, 0) is 30.2 Å². The highest BCUT2D eigenvalue weighted by molar-refractivity contribution is 7.15. The van der Waals surface area contributed by atoms with Crippen molar-refractivity contribution in [2.24, 2.45) is 0 Å². The van der Waals surface area contributed by atoms with Gasteiger partial charge in [-0.15, -0.1) is 0 Å². The molecule has 0 atom stereocenters. The van der Waals surface area contributed by atoms with E-state index in [1.807, 2.05) is 12.1 Å². The van der Waals surface area contributed by atoms with E-state index in [2.05, 4.69) is 24.4 Å². The van der Waals surface area contributed by atoms with Crippen molar-refractivity contribution in [2.75, 3.05) is 5.32 Å². The van der Waals surface area contributed by atoms with Crippen molar-refractivity contribution in [3.63, 3.8) is 0 Å². The van der Waals surface area contributed by atoms with Crippen LogP contribution in [0.2, 0.25) is 0 Å². The molecule has 0 saturated heterocycles. The molecule has 0 fully saturated rings.